The van der Waals surface area contributed by atoms with E-state index in [2.05, 4.69) is 0 Å². The summed E-state index contributed by atoms with van der Waals surface area (Å²) < 4.78 is 4.98. The molecule has 1 heterocycles. The Morgan fingerprint density at radius 2 is 2.36 bits per heavy atom. The highest BCUT2D eigenvalue weighted by Crippen LogP contribution is 2.45. The van der Waals surface area contributed by atoms with E-state index in [0.717, 1.165) is 0 Å². The van der Waals surface area contributed by atoms with Crippen LogP contribution in [0.25, 0.3) is 0 Å². The van der Waals surface area contributed by atoms with Gasteiger partial charge < -0.3 is 10.5 Å². The largest absolute Gasteiger partial charge is 0.447 e. The Labute approximate surface area is 82.2 Å². The minimum absolute atomic E-state index is 0.0847. The van der Waals surface area contributed by atoms with E-state index in [-0.39, 0.29) is 23.5 Å². The predicted molar refractivity (Wildman–Crippen MR) is 48.4 cm³/mol. The van der Waals surface area contributed by atoms with Crippen molar-refractivity contribution in [1.82, 2.24) is 4.90 Å². The summed E-state index contributed by atoms with van der Waals surface area (Å²) >= 11 is 0. The third-order valence-corrected chi connectivity index (χ3v) is 3.23. The molecule has 78 valence electrons. The van der Waals surface area contributed by atoms with E-state index in [1.165, 1.54) is 0 Å². The zero-order valence-electron chi connectivity index (χ0n) is 8.16. The van der Waals surface area contributed by atoms with Crippen molar-refractivity contribution in [3.63, 3.8) is 0 Å². The van der Waals surface area contributed by atoms with Crippen LogP contribution in [0.15, 0.2) is 0 Å². The first-order valence-corrected chi connectivity index (χ1v) is 4.83. The molecular weight excluding hydrogens is 184 g/mol. The summed E-state index contributed by atoms with van der Waals surface area (Å²) in [5.41, 5.74) is 4.96. The van der Waals surface area contributed by atoms with Crippen LogP contribution in [0.5, 0.6) is 0 Å². The van der Waals surface area contributed by atoms with Crippen molar-refractivity contribution in [3.05, 3.63) is 0 Å². The molecule has 2 aliphatic rings. The number of rotatable bonds is 2. The Bertz CT molecular complexity index is 284. The summed E-state index contributed by atoms with van der Waals surface area (Å²) in [6.45, 7) is 2.94. The van der Waals surface area contributed by atoms with E-state index in [0.29, 0.717) is 26.0 Å². The van der Waals surface area contributed by atoms with Crippen molar-refractivity contribution in [3.8, 4) is 0 Å². The second kappa shape index (κ2) is 2.87. The Morgan fingerprint density at radius 3 is 2.86 bits per heavy atom. The van der Waals surface area contributed by atoms with Gasteiger partial charge >= 0.3 is 6.09 Å². The van der Waals surface area contributed by atoms with Gasteiger partial charge in [0.15, 0.2) is 0 Å². The van der Waals surface area contributed by atoms with E-state index in [1.807, 2.05) is 6.92 Å². The highest BCUT2D eigenvalue weighted by Gasteiger charge is 2.56. The molecule has 14 heavy (non-hydrogen) atoms. The van der Waals surface area contributed by atoms with Crippen LogP contribution in [-0.4, -0.2) is 35.6 Å². The molecule has 1 aliphatic heterocycles. The average molecular weight is 198 g/mol. The van der Waals surface area contributed by atoms with Crippen molar-refractivity contribution >= 4 is 12.0 Å². The fourth-order valence-corrected chi connectivity index (χ4v) is 2.41. The highest BCUT2D eigenvalue weighted by molar-refractivity contribution is 5.79. The quantitative estimate of drug-likeness (QED) is 0.683. The molecule has 1 spiro atoms. The smallest absolute Gasteiger partial charge is 0.410 e. The molecule has 5 heteroatoms. The molecule has 0 aromatic heterocycles. The van der Waals surface area contributed by atoms with E-state index in [9.17, 15) is 9.59 Å². The molecule has 2 fully saturated rings. The topological polar surface area (TPSA) is 72.6 Å². The van der Waals surface area contributed by atoms with Gasteiger partial charge in [0.25, 0.3) is 0 Å². The standard InChI is InChI=1S/C9H14N2O3/c1-2-11-8(13)14-5-9(11)3-6(4-9)7(10)12/h6H,2-5H2,1H3,(H2,10,12). The van der Waals surface area contributed by atoms with Crippen LogP contribution >= 0.6 is 0 Å². The van der Waals surface area contributed by atoms with Crippen molar-refractivity contribution < 1.29 is 14.3 Å². The van der Waals surface area contributed by atoms with E-state index < -0.39 is 0 Å². The Kier molecular flexibility index (Phi) is 1.90. The number of nitrogens with zero attached hydrogens (tertiary/aromatic N) is 1. The van der Waals surface area contributed by atoms with Crippen LogP contribution in [0, 0.1) is 5.92 Å². The van der Waals surface area contributed by atoms with E-state index in [4.69, 9.17) is 10.5 Å². The van der Waals surface area contributed by atoms with Crippen LogP contribution in [0.3, 0.4) is 0 Å². The number of carbonyl (C=O) groups excluding carboxylic acids is 2. The maximum absolute atomic E-state index is 11.3. The van der Waals surface area contributed by atoms with Gasteiger partial charge in [-0.25, -0.2) is 4.79 Å². The lowest BCUT2D eigenvalue weighted by Crippen LogP contribution is -2.58. The molecule has 0 atom stereocenters. The van der Waals surface area contributed by atoms with Gasteiger partial charge in [0.2, 0.25) is 5.91 Å². The maximum Gasteiger partial charge on any atom is 0.410 e. The second-order valence-corrected chi connectivity index (χ2v) is 4.03. The van der Waals surface area contributed by atoms with Crippen LogP contribution in [0.1, 0.15) is 19.8 Å². The van der Waals surface area contributed by atoms with E-state index >= 15 is 0 Å². The van der Waals surface area contributed by atoms with Crippen LogP contribution in [0.2, 0.25) is 0 Å². The highest BCUT2D eigenvalue weighted by atomic mass is 16.6. The predicted octanol–water partition coefficient (Wildman–Crippen LogP) is 0.0926. The minimum atomic E-state index is -0.272. The fourth-order valence-electron chi connectivity index (χ4n) is 2.41. The van der Waals surface area contributed by atoms with Gasteiger partial charge in [0.05, 0.1) is 5.54 Å². The summed E-state index contributed by atoms with van der Waals surface area (Å²) in [7, 11) is 0. The molecule has 0 bridgehead atoms. The van der Waals surface area contributed by atoms with Gasteiger partial charge in [-0.3, -0.25) is 9.69 Å². The molecule has 5 nitrogen and oxygen atoms in total. The summed E-state index contributed by atoms with van der Waals surface area (Å²) in [5, 5.41) is 0. The molecule has 0 radical (unpaired) electrons. The molecule has 1 saturated heterocycles. The molecule has 2 rings (SSSR count). The monoisotopic (exact) mass is 198 g/mol. The van der Waals surface area contributed by atoms with Crippen LogP contribution in [0.4, 0.5) is 4.79 Å². The van der Waals surface area contributed by atoms with Gasteiger partial charge in [0.1, 0.15) is 6.61 Å². The Morgan fingerprint density at radius 1 is 1.71 bits per heavy atom. The Hall–Kier alpha value is -1.26. The molecular formula is C9H14N2O3. The van der Waals surface area contributed by atoms with E-state index in [1.54, 1.807) is 4.90 Å². The number of likely N-dealkylation sites (N-methyl/N-ethyl adjacent to an activating group) is 1. The number of primary amides is 1. The van der Waals surface area contributed by atoms with Crippen LogP contribution < -0.4 is 5.73 Å². The van der Waals surface area contributed by atoms with Crippen molar-refractivity contribution in [2.45, 2.75) is 25.3 Å². The lowest BCUT2D eigenvalue weighted by Gasteiger charge is -2.46. The summed E-state index contributed by atoms with van der Waals surface area (Å²) in [6.07, 6.45) is 1.04. The van der Waals surface area contributed by atoms with Crippen molar-refractivity contribution in [1.29, 1.82) is 0 Å². The number of ether oxygens (including phenoxy) is 1. The maximum atomic E-state index is 11.3. The molecule has 1 saturated carbocycles. The third kappa shape index (κ3) is 1.08. The van der Waals surface area contributed by atoms with Gasteiger partial charge in [-0.1, -0.05) is 0 Å². The van der Waals surface area contributed by atoms with Gasteiger partial charge in [0, 0.05) is 12.5 Å². The van der Waals surface area contributed by atoms with Gasteiger partial charge in [-0.15, -0.1) is 0 Å². The molecule has 2 N–H and O–H groups in total. The summed E-state index contributed by atoms with van der Waals surface area (Å²) in [4.78, 5) is 23.9. The first-order chi connectivity index (χ1) is 6.59. The minimum Gasteiger partial charge on any atom is -0.447 e. The number of hydrogen-bond acceptors (Lipinski definition) is 3. The number of cyclic esters (lactones) is 1. The SMILES string of the molecule is CCN1C(=O)OCC12CC(C(N)=O)C2. The van der Waals surface area contributed by atoms with Gasteiger partial charge in [-0.2, -0.15) is 0 Å². The van der Waals surface area contributed by atoms with Crippen LogP contribution in [-0.2, 0) is 9.53 Å². The average Bonchev–Trinajstić information content (AvgIpc) is 2.39. The molecule has 1 aliphatic carbocycles. The lowest BCUT2D eigenvalue weighted by atomic mass is 9.68. The Balaban J connectivity index is 2.06. The first-order valence-electron chi connectivity index (χ1n) is 4.83. The zero-order valence-corrected chi connectivity index (χ0v) is 8.16. The number of hydrogen-bond donors (Lipinski definition) is 1. The molecule has 2 amide bonds. The van der Waals surface area contributed by atoms with Crippen molar-refractivity contribution in [2.24, 2.45) is 11.7 Å². The molecule has 0 aromatic rings. The van der Waals surface area contributed by atoms with Gasteiger partial charge in [-0.05, 0) is 19.8 Å². The zero-order chi connectivity index (χ0) is 10.3. The van der Waals surface area contributed by atoms with Crippen molar-refractivity contribution in [2.75, 3.05) is 13.2 Å². The normalized spacial score (nSPS) is 35.6. The molecule has 0 aromatic carbocycles. The molecule has 0 unspecified atom stereocenters. The first kappa shape index (κ1) is 9.30. The number of carbonyl (C=O) groups is 2. The number of nitrogens with two attached hydrogens (primary N) is 1. The number of amides is 2. The lowest BCUT2D eigenvalue weighted by molar-refractivity contribution is -0.129. The third-order valence-electron chi connectivity index (χ3n) is 3.23. The summed E-state index contributed by atoms with van der Waals surface area (Å²) in [6, 6.07) is 0. The fraction of sp³-hybridized carbons (Fsp3) is 0.778. The summed E-state index contributed by atoms with van der Waals surface area (Å²) in [5.74, 6) is -0.357. The second-order valence-electron chi connectivity index (χ2n) is 4.03.